The first-order chi connectivity index (χ1) is 9.76. The van der Waals surface area contributed by atoms with Gasteiger partial charge in [0.1, 0.15) is 0 Å². The first-order valence-electron chi connectivity index (χ1n) is 8.25. The minimum Gasteiger partial charge on any atom is -0.395 e. The first kappa shape index (κ1) is 19.8. The fourth-order valence-electron chi connectivity index (χ4n) is 2.35. The van der Waals surface area contributed by atoms with Gasteiger partial charge in [-0.2, -0.15) is 0 Å². The SMILES string of the molecule is CCCCCCCCCCCC(=S)N(CCO)CCO. The second kappa shape index (κ2) is 15.2. The molecule has 0 bridgehead atoms. The standard InChI is InChI=1S/C16H33NO2S/c1-2-3-4-5-6-7-8-9-10-11-16(20)17(12-14-18)13-15-19/h18-19H,2-15H2,1H3. The molecule has 0 aliphatic heterocycles. The van der Waals surface area contributed by atoms with Gasteiger partial charge in [0.25, 0.3) is 0 Å². The van der Waals surface area contributed by atoms with Crippen LogP contribution in [0.3, 0.4) is 0 Å². The van der Waals surface area contributed by atoms with E-state index in [1.165, 1.54) is 51.4 Å². The summed E-state index contributed by atoms with van der Waals surface area (Å²) in [5.41, 5.74) is 0. The Labute approximate surface area is 130 Å². The van der Waals surface area contributed by atoms with E-state index in [0.29, 0.717) is 13.1 Å². The molecule has 0 aromatic carbocycles. The number of aliphatic hydroxyl groups excluding tert-OH is 2. The normalized spacial score (nSPS) is 10.8. The molecule has 120 valence electrons. The van der Waals surface area contributed by atoms with E-state index in [0.717, 1.165) is 17.8 Å². The monoisotopic (exact) mass is 303 g/mol. The van der Waals surface area contributed by atoms with Crippen LogP contribution in [-0.4, -0.2) is 46.4 Å². The lowest BCUT2D eigenvalue weighted by Crippen LogP contribution is -2.34. The number of hydrogen-bond donors (Lipinski definition) is 2. The predicted molar refractivity (Wildman–Crippen MR) is 90.2 cm³/mol. The maximum absolute atomic E-state index is 8.96. The largest absolute Gasteiger partial charge is 0.395 e. The average Bonchev–Trinajstić information content (AvgIpc) is 2.45. The number of aliphatic hydroxyl groups is 2. The second-order valence-corrected chi connectivity index (χ2v) is 5.88. The van der Waals surface area contributed by atoms with Crippen molar-refractivity contribution in [3.8, 4) is 0 Å². The summed E-state index contributed by atoms with van der Waals surface area (Å²) in [6.45, 7) is 3.52. The van der Waals surface area contributed by atoms with Gasteiger partial charge in [0.15, 0.2) is 0 Å². The van der Waals surface area contributed by atoms with E-state index in [1.54, 1.807) is 0 Å². The van der Waals surface area contributed by atoms with Gasteiger partial charge in [-0.15, -0.1) is 0 Å². The third kappa shape index (κ3) is 11.6. The molecule has 20 heavy (non-hydrogen) atoms. The molecule has 0 saturated carbocycles. The quantitative estimate of drug-likeness (QED) is 0.381. The Morgan fingerprint density at radius 1 is 0.800 bits per heavy atom. The molecule has 0 aliphatic rings. The van der Waals surface area contributed by atoms with E-state index in [9.17, 15) is 0 Å². The minimum atomic E-state index is 0.0951. The van der Waals surface area contributed by atoms with Gasteiger partial charge >= 0.3 is 0 Å². The van der Waals surface area contributed by atoms with Crippen LogP contribution in [0.25, 0.3) is 0 Å². The molecule has 0 aromatic rings. The smallest absolute Gasteiger partial charge is 0.0780 e. The van der Waals surface area contributed by atoms with Crippen molar-refractivity contribution >= 4 is 17.2 Å². The Kier molecular flexibility index (Phi) is 15.1. The Morgan fingerprint density at radius 2 is 1.25 bits per heavy atom. The first-order valence-corrected chi connectivity index (χ1v) is 8.66. The van der Waals surface area contributed by atoms with Crippen molar-refractivity contribution in [1.29, 1.82) is 0 Å². The summed E-state index contributed by atoms with van der Waals surface area (Å²) in [6, 6.07) is 0. The zero-order chi connectivity index (χ0) is 15.1. The number of thiocarbonyl (C=S) groups is 1. The van der Waals surface area contributed by atoms with Crippen molar-refractivity contribution in [1.82, 2.24) is 4.90 Å². The Bertz CT molecular complexity index is 219. The minimum absolute atomic E-state index is 0.0951. The molecule has 0 amide bonds. The third-order valence-corrected chi connectivity index (χ3v) is 4.05. The number of hydrogen-bond acceptors (Lipinski definition) is 3. The van der Waals surface area contributed by atoms with Gasteiger partial charge in [0, 0.05) is 13.1 Å². The molecule has 0 unspecified atom stereocenters. The summed E-state index contributed by atoms with van der Waals surface area (Å²) in [4.78, 5) is 2.80. The van der Waals surface area contributed by atoms with Gasteiger partial charge in [-0.1, -0.05) is 70.5 Å². The molecule has 0 saturated heterocycles. The van der Waals surface area contributed by atoms with Crippen LogP contribution in [0, 0.1) is 0 Å². The van der Waals surface area contributed by atoms with Crippen molar-refractivity contribution in [3.63, 3.8) is 0 Å². The van der Waals surface area contributed by atoms with Gasteiger partial charge in [0.2, 0.25) is 0 Å². The summed E-state index contributed by atoms with van der Waals surface area (Å²) in [5, 5.41) is 17.9. The van der Waals surface area contributed by atoms with E-state index in [4.69, 9.17) is 22.4 Å². The van der Waals surface area contributed by atoms with Crippen molar-refractivity contribution in [2.45, 2.75) is 71.1 Å². The van der Waals surface area contributed by atoms with Crippen LogP contribution >= 0.6 is 12.2 Å². The molecule has 0 atom stereocenters. The Hall–Kier alpha value is -0.190. The highest BCUT2D eigenvalue weighted by Gasteiger charge is 2.07. The maximum Gasteiger partial charge on any atom is 0.0780 e. The molecule has 0 aliphatic carbocycles. The summed E-state index contributed by atoms with van der Waals surface area (Å²) >= 11 is 5.36. The van der Waals surface area contributed by atoms with Crippen LogP contribution in [0.1, 0.15) is 71.1 Å². The lowest BCUT2D eigenvalue weighted by Gasteiger charge is -2.23. The van der Waals surface area contributed by atoms with Gasteiger partial charge in [-0.3, -0.25) is 0 Å². The van der Waals surface area contributed by atoms with Crippen molar-refractivity contribution < 1.29 is 10.2 Å². The molecule has 0 rings (SSSR count). The number of rotatable bonds is 14. The van der Waals surface area contributed by atoms with Crippen LogP contribution in [0.4, 0.5) is 0 Å². The van der Waals surface area contributed by atoms with E-state index in [2.05, 4.69) is 6.92 Å². The summed E-state index contributed by atoms with van der Waals surface area (Å²) in [7, 11) is 0. The molecular weight excluding hydrogens is 270 g/mol. The molecule has 0 radical (unpaired) electrons. The molecule has 0 heterocycles. The van der Waals surface area contributed by atoms with Crippen LogP contribution in [0.5, 0.6) is 0 Å². The van der Waals surface area contributed by atoms with E-state index < -0.39 is 0 Å². The molecule has 0 spiro atoms. The van der Waals surface area contributed by atoms with Crippen LogP contribution in [0.15, 0.2) is 0 Å². The van der Waals surface area contributed by atoms with Crippen molar-refractivity contribution in [3.05, 3.63) is 0 Å². The van der Waals surface area contributed by atoms with Gasteiger partial charge in [0.05, 0.1) is 18.2 Å². The molecule has 0 fully saturated rings. The number of nitrogens with zero attached hydrogens (tertiary/aromatic N) is 1. The highest BCUT2D eigenvalue weighted by Crippen LogP contribution is 2.11. The van der Waals surface area contributed by atoms with Crippen molar-refractivity contribution in [2.24, 2.45) is 0 Å². The maximum atomic E-state index is 8.96. The third-order valence-electron chi connectivity index (χ3n) is 3.59. The number of unbranched alkanes of at least 4 members (excludes halogenated alkanes) is 8. The fraction of sp³-hybridized carbons (Fsp3) is 0.938. The topological polar surface area (TPSA) is 43.7 Å². The molecular formula is C16H33NO2S. The molecule has 3 nitrogen and oxygen atoms in total. The zero-order valence-corrected chi connectivity index (χ0v) is 14.0. The van der Waals surface area contributed by atoms with E-state index >= 15 is 0 Å². The highest BCUT2D eigenvalue weighted by molar-refractivity contribution is 7.80. The highest BCUT2D eigenvalue weighted by atomic mass is 32.1. The lowest BCUT2D eigenvalue weighted by molar-refractivity contribution is 0.212. The van der Waals surface area contributed by atoms with Crippen LogP contribution in [-0.2, 0) is 0 Å². The second-order valence-electron chi connectivity index (χ2n) is 5.41. The van der Waals surface area contributed by atoms with Gasteiger partial charge < -0.3 is 15.1 Å². The fourth-order valence-corrected chi connectivity index (χ4v) is 2.67. The van der Waals surface area contributed by atoms with E-state index in [1.807, 2.05) is 4.90 Å². The molecule has 4 heteroatoms. The van der Waals surface area contributed by atoms with Crippen molar-refractivity contribution in [2.75, 3.05) is 26.3 Å². The van der Waals surface area contributed by atoms with Gasteiger partial charge in [-0.05, 0) is 12.8 Å². The van der Waals surface area contributed by atoms with Crippen LogP contribution < -0.4 is 0 Å². The van der Waals surface area contributed by atoms with Crippen LogP contribution in [0.2, 0.25) is 0 Å². The summed E-state index contributed by atoms with van der Waals surface area (Å²) < 4.78 is 0. The summed E-state index contributed by atoms with van der Waals surface area (Å²) in [6.07, 6.45) is 12.7. The Morgan fingerprint density at radius 3 is 1.70 bits per heavy atom. The Balaban J connectivity index is 3.45. The molecule has 0 aromatic heterocycles. The lowest BCUT2D eigenvalue weighted by atomic mass is 10.1. The average molecular weight is 304 g/mol. The zero-order valence-electron chi connectivity index (χ0n) is 13.1. The van der Waals surface area contributed by atoms with Gasteiger partial charge in [-0.25, -0.2) is 0 Å². The predicted octanol–water partition coefficient (Wildman–Crippen LogP) is 3.52. The van der Waals surface area contributed by atoms with E-state index in [-0.39, 0.29) is 13.2 Å². The summed E-state index contributed by atoms with van der Waals surface area (Å²) in [5.74, 6) is 0. The molecule has 2 N–H and O–H groups in total.